The summed E-state index contributed by atoms with van der Waals surface area (Å²) in [7, 11) is 0. The number of hydrogen-bond donors (Lipinski definition) is 2. The molecule has 0 aliphatic carbocycles. The Morgan fingerprint density at radius 2 is 1.77 bits per heavy atom. The van der Waals surface area contributed by atoms with Crippen LogP contribution in [-0.4, -0.2) is 25.5 Å². The quantitative estimate of drug-likeness (QED) is 0.124. The zero-order valence-electron chi connectivity index (χ0n) is 23.5. The van der Waals surface area contributed by atoms with E-state index in [0.29, 0.717) is 39.3 Å². The summed E-state index contributed by atoms with van der Waals surface area (Å²) in [6, 6.07) is 28.1. The molecule has 0 bridgehead atoms. The van der Waals surface area contributed by atoms with Crippen molar-refractivity contribution in [1.82, 2.24) is 9.78 Å². The van der Waals surface area contributed by atoms with Crippen LogP contribution < -0.4 is 10.9 Å². The fourth-order valence-corrected chi connectivity index (χ4v) is 5.61. The van der Waals surface area contributed by atoms with E-state index in [4.69, 9.17) is 14.5 Å². The second-order valence-electron chi connectivity index (χ2n) is 10.6. The molecule has 0 saturated heterocycles. The van der Waals surface area contributed by atoms with Gasteiger partial charge in [-0.2, -0.15) is 5.10 Å². The molecule has 2 aromatic heterocycles. The molecule has 6 aromatic rings. The Labute approximate surface area is 250 Å². The third kappa shape index (κ3) is 4.68. The largest absolute Gasteiger partial charge is 0.506 e. The van der Waals surface area contributed by atoms with Gasteiger partial charge >= 0.3 is 5.63 Å². The summed E-state index contributed by atoms with van der Waals surface area (Å²) in [5.74, 6) is -0.198. The van der Waals surface area contributed by atoms with Crippen LogP contribution in [-0.2, 0) is 0 Å². The third-order valence-corrected chi connectivity index (χ3v) is 7.75. The minimum Gasteiger partial charge on any atom is -0.506 e. The molecule has 1 aliphatic heterocycles. The summed E-state index contributed by atoms with van der Waals surface area (Å²) in [5, 5.41) is 31.9. The van der Waals surface area contributed by atoms with Gasteiger partial charge in [0, 0.05) is 35.9 Å². The molecule has 4 aromatic carbocycles. The van der Waals surface area contributed by atoms with Crippen molar-refractivity contribution in [1.29, 1.82) is 0 Å². The number of aromatic nitrogens is 2. The van der Waals surface area contributed by atoms with Crippen LogP contribution in [0.1, 0.15) is 29.2 Å². The monoisotopic (exact) mass is 583 g/mol. The van der Waals surface area contributed by atoms with E-state index < -0.39 is 16.6 Å². The van der Waals surface area contributed by atoms with Gasteiger partial charge in [0.25, 0.3) is 5.69 Å². The summed E-state index contributed by atoms with van der Waals surface area (Å²) in [5.41, 5.74) is 4.52. The molecule has 0 amide bonds. The van der Waals surface area contributed by atoms with Gasteiger partial charge in [-0.15, -0.1) is 0 Å². The highest BCUT2D eigenvalue weighted by Crippen LogP contribution is 2.40. The van der Waals surface area contributed by atoms with Crippen molar-refractivity contribution in [2.45, 2.75) is 19.4 Å². The van der Waals surface area contributed by atoms with Crippen molar-refractivity contribution >= 4 is 33.7 Å². The van der Waals surface area contributed by atoms with Crippen LogP contribution >= 0.6 is 0 Å². The van der Waals surface area contributed by atoms with E-state index in [1.54, 1.807) is 28.9 Å². The number of aryl methyl sites for hydroxylation is 1. The van der Waals surface area contributed by atoms with E-state index in [1.807, 2.05) is 73.8 Å². The topological polar surface area (TPSA) is 136 Å². The number of aromatic hydroxyl groups is 1. The Balaban J connectivity index is 1.43. The Morgan fingerprint density at radius 1 is 1.00 bits per heavy atom. The van der Waals surface area contributed by atoms with Gasteiger partial charge in [0.2, 0.25) is 0 Å². The van der Waals surface area contributed by atoms with E-state index in [9.17, 15) is 20.0 Å². The molecule has 1 unspecified atom stereocenters. The fourth-order valence-electron chi connectivity index (χ4n) is 5.61. The van der Waals surface area contributed by atoms with Gasteiger partial charge in [-0.25, -0.2) is 9.48 Å². The Kier molecular flexibility index (Phi) is 6.51. The maximum atomic E-state index is 13.4. The third-order valence-electron chi connectivity index (χ3n) is 7.75. The SMILES string of the molecule is Cc1cccc2c(O)c(C3=Nc4ccccc4NC(c4cn(-c5ccccc5)nc4-c4cccc([N+](=O)[O-])c4)C3)c(=O)oc12. The number of aliphatic imine (C=N–C) groups is 1. The van der Waals surface area contributed by atoms with Gasteiger partial charge in [0.1, 0.15) is 16.9 Å². The molecule has 3 heterocycles. The van der Waals surface area contributed by atoms with Crippen LogP contribution in [0, 0.1) is 17.0 Å². The lowest BCUT2D eigenvalue weighted by atomic mass is 9.95. The lowest BCUT2D eigenvalue weighted by molar-refractivity contribution is -0.384. The molecule has 0 fully saturated rings. The number of nitro groups is 1. The normalized spacial score (nSPS) is 14.4. The van der Waals surface area contributed by atoms with Crippen molar-refractivity contribution in [3.8, 4) is 22.7 Å². The summed E-state index contributed by atoms with van der Waals surface area (Å²) >= 11 is 0. The molecule has 0 radical (unpaired) electrons. The summed E-state index contributed by atoms with van der Waals surface area (Å²) in [6.07, 6.45) is 2.05. The summed E-state index contributed by atoms with van der Waals surface area (Å²) in [6.45, 7) is 1.81. The number of nitrogens with zero attached hydrogens (tertiary/aromatic N) is 4. The summed E-state index contributed by atoms with van der Waals surface area (Å²) < 4.78 is 7.45. The van der Waals surface area contributed by atoms with E-state index in [-0.39, 0.29) is 23.4 Å². The zero-order valence-corrected chi connectivity index (χ0v) is 23.5. The molecule has 44 heavy (non-hydrogen) atoms. The molecule has 216 valence electrons. The van der Waals surface area contributed by atoms with E-state index in [0.717, 1.165) is 16.8 Å². The number of fused-ring (bicyclic) bond motifs is 2. The number of hydrogen-bond acceptors (Lipinski definition) is 8. The van der Waals surface area contributed by atoms with Crippen LogP contribution in [0.4, 0.5) is 17.1 Å². The lowest BCUT2D eigenvalue weighted by Gasteiger charge is -2.19. The fraction of sp³-hybridized carbons (Fsp3) is 0.0882. The van der Waals surface area contributed by atoms with Crippen molar-refractivity contribution < 1.29 is 14.4 Å². The number of nitro benzene ring substituents is 1. The number of nitrogens with one attached hydrogen (secondary N) is 1. The molecule has 10 heteroatoms. The number of benzene rings is 4. The summed E-state index contributed by atoms with van der Waals surface area (Å²) in [4.78, 5) is 29.5. The second-order valence-corrected chi connectivity index (χ2v) is 10.6. The van der Waals surface area contributed by atoms with E-state index >= 15 is 0 Å². The van der Waals surface area contributed by atoms with Crippen molar-refractivity contribution in [2.24, 2.45) is 4.99 Å². The molecule has 1 aliphatic rings. The number of rotatable bonds is 5. The minimum atomic E-state index is -0.694. The maximum Gasteiger partial charge on any atom is 0.349 e. The Morgan fingerprint density at radius 3 is 2.59 bits per heavy atom. The smallest absolute Gasteiger partial charge is 0.349 e. The molecule has 0 spiro atoms. The highest BCUT2D eigenvalue weighted by molar-refractivity contribution is 6.08. The molecular weight excluding hydrogens is 558 g/mol. The highest BCUT2D eigenvalue weighted by Gasteiger charge is 2.30. The molecule has 7 rings (SSSR count). The standard InChI is InChI=1S/C34H25N5O5/c1-20-9-7-14-24-32(40)30(34(41)44-33(20)24)29-18-28(35-26-15-5-6-16-27(26)36-29)25-19-38(22-11-3-2-4-12-22)37-31(25)21-10-8-13-23(17-21)39(42)43/h2-17,19,28,35,40H,18H2,1H3. The molecule has 0 saturated carbocycles. The highest BCUT2D eigenvalue weighted by atomic mass is 16.6. The Bertz CT molecular complexity index is 2170. The molecule has 2 N–H and O–H groups in total. The number of anilines is 1. The average Bonchev–Trinajstić information content (AvgIpc) is 3.39. The Hall–Kier alpha value is -6.03. The minimum absolute atomic E-state index is 0.0149. The van der Waals surface area contributed by atoms with Crippen molar-refractivity contribution in [2.75, 3.05) is 5.32 Å². The first-order chi connectivity index (χ1) is 21.4. The van der Waals surface area contributed by atoms with Crippen LogP contribution in [0.2, 0.25) is 0 Å². The zero-order chi connectivity index (χ0) is 30.4. The van der Waals surface area contributed by atoms with Crippen molar-refractivity contribution in [3.63, 3.8) is 0 Å². The maximum absolute atomic E-state index is 13.4. The first-order valence-corrected chi connectivity index (χ1v) is 14.0. The van der Waals surface area contributed by atoms with Gasteiger partial charge in [-0.05, 0) is 42.8 Å². The first-order valence-electron chi connectivity index (χ1n) is 14.0. The average molecular weight is 584 g/mol. The van der Waals surface area contributed by atoms with Gasteiger partial charge in [0.05, 0.1) is 44.8 Å². The van der Waals surface area contributed by atoms with Gasteiger partial charge in [-0.1, -0.05) is 54.6 Å². The molecule has 10 nitrogen and oxygen atoms in total. The van der Waals surface area contributed by atoms with Gasteiger partial charge in [-0.3, -0.25) is 15.1 Å². The van der Waals surface area contributed by atoms with Crippen LogP contribution in [0.25, 0.3) is 27.9 Å². The molecular formula is C34H25N5O5. The van der Waals surface area contributed by atoms with Crippen LogP contribution in [0.5, 0.6) is 5.75 Å². The van der Waals surface area contributed by atoms with Crippen LogP contribution in [0.15, 0.2) is 117 Å². The predicted octanol–water partition coefficient (Wildman–Crippen LogP) is 7.25. The van der Waals surface area contributed by atoms with Gasteiger partial charge in [0.15, 0.2) is 0 Å². The van der Waals surface area contributed by atoms with Crippen LogP contribution in [0.3, 0.4) is 0 Å². The lowest BCUT2D eigenvalue weighted by Crippen LogP contribution is -2.20. The second kappa shape index (κ2) is 10.7. The van der Waals surface area contributed by atoms with Crippen molar-refractivity contribution in [3.05, 3.63) is 140 Å². The predicted molar refractivity (Wildman–Crippen MR) is 168 cm³/mol. The van der Waals surface area contributed by atoms with E-state index in [2.05, 4.69) is 5.32 Å². The first kappa shape index (κ1) is 26.8. The number of para-hydroxylation sites is 4. The van der Waals surface area contributed by atoms with Gasteiger partial charge < -0.3 is 14.8 Å². The molecule has 1 atom stereocenters. The van der Waals surface area contributed by atoms with E-state index in [1.165, 1.54) is 12.1 Å². The number of non-ortho nitro benzene ring substituents is 1.